The predicted molar refractivity (Wildman–Crippen MR) is 104 cm³/mol. The Hall–Kier alpha value is -2.60. The minimum atomic E-state index is -4.31. The van der Waals surface area contributed by atoms with Crippen molar-refractivity contribution in [2.24, 2.45) is 5.11 Å². The van der Waals surface area contributed by atoms with Gasteiger partial charge in [0.05, 0.1) is 18.8 Å². The fourth-order valence-corrected chi connectivity index (χ4v) is 3.87. The number of ketones is 2. The first kappa shape index (κ1) is 24.7. The molecule has 0 saturated carbocycles. The molecule has 1 fully saturated rings. The maximum absolute atomic E-state index is 12.7. The van der Waals surface area contributed by atoms with Crippen molar-refractivity contribution in [1.29, 1.82) is 0 Å². The van der Waals surface area contributed by atoms with Crippen molar-refractivity contribution in [3.05, 3.63) is 43.0 Å². The van der Waals surface area contributed by atoms with E-state index in [2.05, 4.69) is 15.0 Å². The lowest BCUT2D eigenvalue weighted by Crippen LogP contribution is -2.33. The first-order chi connectivity index (χ1) is 14.5. The van der Waals surface area contributed by atoms with Crippen LogP contribution in [0.25, 0.3) is 10.4 Å². The molecule has 1 aliphatic rings. The van der Waals surface area contributed by atoms with Gasteiger partial charge in [-0.3, -0.25) is 37.5 Å². The molecule has 0 aliphatic carbocycles. The molecule has 0 aromatic carbocycles. The van der Waals surface area contributed by atoms with Gasteiger partial charge in [-0.15, -0.1) is 0 Å². The van der Waals surface area contributed by atoms with Gasteiger partial charge in [-0.05, 0) is 26.3 Å². The summed E-state index contributed by atoms with van der Waals surface area (Å²) in [6.07, 6.45) is -0.492. The summed E-state index contributed by atoms with van der Waals surface area (Å²) < 4.78 is 34.6. The van der Waals surface area contributed by atoms with Crippen molar-refractivity contribution in [3.8, 4) is 0 Å². The Morgan fingerprint density at radius 3 is 2.45 bits per heavy atom. The molecule has 0 radical (unpaired) electrons. The van der Waals surface area contributed by atoms with E-state index in [1.54, 1.807) is 0 Å². The molecule has 170 valence electrons. The molecule has 1 N–H and O–H groups in total. The highest BCUT2D eigenvalue weighted by molar-refractivity contribution is 7.48. The number of rotatable bonds is 11. The van der Waals surface area contributed by atoms with E-state index in [-0.39, 0.29) is 12.0 Å². The Bertz CT molecular complexity index is 1020. The van der Waals surface area contributed by atoms with Crippen molar-refractivity contribution in [3.63, 3.8) is 0 Å². The van der Waals surface area contributed by atoms with Crippen LogP contribution < -0.4 is 11.2 Å². The molecule has 3 atom stereocenters. The zero-order valence-corrected chi connectivity index (χ0v) is 17.9. The molecule has 14 nitrogen and oxygen atoms in total. The van der Waals surface area contributed by atoms with Gasteiger partial charge in [0.2, 0.25) is 0 Å². The summed E-state index contributed by atoms with van der Waals surface area (Å²) in [5.41, 5.74) is 7.82. The second kappa shape index (κ2) is 10.6. The number of H-pyrrole nitrogens is 1. The molecular weight excluding hydrogens is 437 g/mol. The topological polar surface area (TPSA) is 192 Å². The number of phosphoric acid groups is 1. The van der Waals surface area contributed by atoms with Crippen LogP contribution in [0.2, 0.25) is 0 Å². The Kier molecular flexibility index (Phi) is 8.45. The Balaban J connectivity index is 2.18. The minimum absolute atomic E-state index is 0.0659. The van der Waals surface area contributed by atoms with E-state index in [1.807, 2.05) is 0 Å². The van der Waals surface area contributed by atoms with Crippen molar-refractivity contribution >= 4 is 19.4 Å². The van der Waals surface area contributed by atoms with Gasteiger partial charge in [0, 0.05) is 23.1 Å². The first-order valence-electron chi connectivity index (χ1n) is 9.09. The number of Topliss-reactive ketones (excluding diaryl/α,β-unsaturated/α-hetero) is 2. The Labute approximate surface area is 175 Å². The second-order valence-electron chi connectivity index (χ2n) is 6.81. The van der Waals surface area contributed by atoms with Gasteiger partial charge in [0.15, 0.2) is 11.6 Å². The number of aryl methyl sites for hydroxylation is 1. The number of ether oxygens (including phenoxy) is 1. The van der Waals surface area contributed by atoms with E-state index in [4.69, 9.17) is 23.8 Å². The van der Waals surface area contributed by atoms with Crippen molar-refractivity contribution in [1.82, 2.24) is 9.55 Å². The molecule has 31 heavy (non-hydrogen) atoms. The lowest BCUT2D eigenvalue weighted by molar-refractivity contribution is -0.120. The number of hydrogen-bond donors (Lipinski definition) is 1. The molecule has 0 amide bonds. The maximum Gasteiger partial charge on any atom is 0.475 e. The number of carbonyl (C=O) groups is 2. The van der Waals surface area contributed by atoms with Gasteiger partial charge < -0.3 is 4.74 Å². The normalized spacial score (nSPS) is 20.9. The number of aromatic nitrogens is 2. The van der Waals surface area contributed by atoms with E-state index >= 15 is 0 Å². The zero-order chi connectivity index (χ0) is 23.2. The summed E-state index contributed by atoms with van der Waals surface area (Å²) >= 11 is 0. The first-order valence-corrected chi connectivity index (χ1v) is 10.5. The molecular formula is C16H22N5O9P. The van der Waals surface area contributed by atoms with Gasteiger partial charge in [-0.25, -0.2) is 9.36 Å². The molecule has 1 aromatic rings. The molecule has 1 aromatic heterocycles. The minimum Gasteiger partial charge on any atom is -0.352 e. The van der Waals surface area contributed by atoms with Crippen LogP contribution >= 0.6 is 7.82 Å². The van der Waals surface area contributed by atoms with Gasteiger partial charge in [-0.1, -0.05) is 5.11 Å². The van der Waals surface area contributed by atoms with Crippen molar-refractivity contribution in [2.75, 3.05) is 19.8 Å². The van der Waals surface area contributed by atoms with Crippen LogP contribution in [0.1, 0.15) is 32.1 Å². The van der Waals surface area contributed by atoms with Crippen LogP contribution in [0.5, 0.6) is 0 Å². The van der Waals surface area contributed by atoms with E-state index < -0.39 is 68.8 Å². The van der Waals surface area contributed by atoms with Crippen molar-refractivity contribution in [2.45, 2.75) is 45.6 Å². The van der Waals surface area contributed by atoms with Gasteiger partial charge in [-0.2, -0.15) is 0 Å². The molecule has 0 bridgehead atoms. The molecule has 0 unspecified atom stereocenters. The molecule has 2 rings (SSSR count). The highest BCUT2D eigenvalue weighted by atomic mass is 31.2. The number of hydrogen-bond acceptors (Lipinski definition) is 10. The van der Waals surface area contributed by atoms with Crippen molar-refractivity contribution < 1.29 is 32.5 Å². The third-order valence-corrected chi connectivity index (χ3v) is 5.46. The lowest BCUT2D eigenvalue weighted by Gasteiger charge is -2.21. The molecule has 2 heterocycles. The van der Waals surface area contributed by atoms with Gasteiger partial charge in [0.25, 0.3) is 5.56 Å². The maximum atomic E-state index is 12.7. The van der Waals surface area contributed by atoms with E-state index in [0.717, 1.165) is 4.57 Å². The number of azide groups is 1. The number of nitrogens with zero attached hydrogens (tertiary/aromatic N) is 4. The quantitative estimate of drug-likeness (QED) is 0.219. The summed E-state index contributed by atoms with van der Waals surface area (Å²) in [5, 5.41) is 3.61. The van der Waals surface area contributed by atoms with Crippen LogP contribution in [-0.4, -0.2) is 53.1 Å². The number of phosphoric ester groups is 1. The monoisotopic (exact) mass is 459 g/mol. The summed E-state index contributed by atoms with van der Waals surface area (Å²) in [5.74, 6) is -0.903. The average Bonchev–Trinajstić information content (AvgIpc) is 3.09. The third-order valence-electron chi connectivity index (χ3n) is 4.11. The van der Waals surface area contributed by atoms with Crippen LogP contribution in [-0.2, 0) is 32.5 Å². The highest BCUT2D eigenvalue weighted by Gasteiger charge is 2.39. The summed E-state index contributed by atoms with van der Waals surface area (Å²) in [6.45, 7) is 2.29. The SMILES string of the molecule is CC(=O)COP(=O)(OCC(C)=O)OC[C@H]1O[C@@H](n2cc(C)c(=O)[nH]c2=O)C[C@@H]1N=[N+]=[N-]. The zero-order valence-electron chi connectivity index (χ0n) is 17.0. The summed E-state index contributed by atoms with van der Waals surface area (Å²) in [7, 11) is -4.31. The van der Waals surface area contributed by atoms with Crippen LogP contribution in [0.4, 0.5) is 0 Å². The average molecular weight is 459 g/mol. The fraction of sp³-hybridized carbons (Fsp3) is 0.625. The molecule has 15 heteroatoms. The van der Waals surface area contributed by atoms with Crippen LogP contribution in [0, 0.1) is 6.92 Å². The fourth-order valence-electron chi connectivity index (χ4n) is 2.64. The largest absolute Gasteiger partial charge is 0.475 e. The Morgan fingerprint density at radius 2 is 1.90 bits per heavy atom. The smallest absolute Gasteiger partial charge is 0.352 e. The highest BCUT2D eigenvalue weighted by Crippen LogP contribution is 2.50. The van der Waals surface area contributed by atoms with Gasteiger partial charge in [0.1, 0.15) is 19.4 Å². The summed E-state index contributed by atoms with van der Waals surface area (Å²) in [6, 6.07) is -0.816. The van der Waals surface area contributed by atoms with E-state index in [1.165, 1.54) is 27.0 Å². The standard InChI is InChI=1S/C16H22N5O9P/c1-9-5-21(16(25)18-15(9)24)14-4-12(19-20-17)13(30-14)8-29-31(26,27-6-10(2)22)28-7-11(3)23/h5,12-14H,4,6-8H2,1-3H3,(H,18,24,25)/t12-,13+,14+/m0/s1. The van der Waals surface area contributed by atoms with E-state index in [9.17, 15) is 23.7 Å². The van der Waals surface area contributed by atoms with Crippen LogP contribution in [0.3, 0.4) is 0 Å². The number of carbonyl (C=O) groups excluding carboxylic acids is 2. The molecule has 1 aliphatic heterocycles. The number of nitrogens with one attached hydrogen (secondary N) is 1. The predicted octanol–water partition coefficient (Wildman–Crippen LogP) is 1.15. The van der Waals surface area contributed by atoms with Crippen LogP contribution in [0.15, 0.2) is 20.9 Å². The lowest BCUT2D eigenvalue weighted by atomic mass is 10.1. The number of aromatic amines is 1. The van der Waals surface area contributed by atoms with E-state index in [0.29, 0.717) is 0 Å². The molecule has 1 saturated heterocycles. The van der Waals surface area contributed by atoms with Gasteiger partial charge >= 0.3 is 13.5 Å². The molecule has 0 spiro atoms. The third kappa shape index (κ3) is 6.96. The second-order valence-corrected chi connectivity index (χ2v) is 8.48. The Morgan fingerprint density at radius 1 is 1.29 bits per heavy atom. The summed E-state index contributed by atoms with van der Waals surface area (Å²) in [4.78, 5) is 50.9.